The summed E-state index contributed by atoms with van der Waals surface area (Å²) in [5.74, 6) is -0.0741. The smallest absolute Gasteiger partial charge is 0.317 e. The van der Waals surface area contributed by atoms with Crippen molar-refractivity contribution >= 4 is 16.7 Å². The van der Waals surface area contributed by atoms with Gasteiger partial charge in [-0.3, -0.25) is 4.79 Å². The third-order valence-corrected chi connectivity index (χ3v) is 5.03. The molecule has 2 nitrogen and oxygen atoms in total. The molecule has 0 spiro atoms. The molecule has 2 atom stereocenters. The van der Waals surface area contributed by atoms with Gasteiger partial charge < -0.3 is 4.74 Å². The number of fused-ring (bicyclic) bond motifs is 1. The quantitative estimate of drug-likeness (QED) is 0.770. The number of rotatable bonds is 3. The molecule has 0 aliphatic carbocycles. The van der Waals surface area contributed by atoms with Crippen molar-refractivity contribution in [2.45, 2.75) is 39.2 Å². The lowest BCUT2D eigenvalue weighted by molar-refractivity contribution is -0.247. The van der Waals surface area contributed by atoms with Crippen LogP contribution in [0.1, 0.15) is 39.2 Å². The summed E-state index contributed by atoms with van der Waals surface area (Å²) in [5.41, 5.74) is 0.232. The largest absolute Gasteiger partial charge is 0.452 e. The number of hydrogen-bond acceptors (Lipinski definition) is 2. The van der Waals surface area contributed by atoms with Crippen LogP contribution in [0.5, 0.6) is 0 Å². The standard InChI is InChI=1S/C18H20O2/c1-4-17(3)16(19)20-18(17,5-2)15-11-10-13-8-6-7-9-14(13)12-15/h6-12H,4-5H2,1-3H3. The van der Waals surface area contributed by atoms with Gasteiger partial charge in [0.25, 0.3) is 0 Å². The molecule has 0 amide bonds. The Morgan fingerprint density at radius 2 is 1.70 bits per heavy atom. The summed E-state index contributed by atoms with van der Waals surface area (Å²) in [6, 6.07) is 14.7. The number of cyclic esters (lactones) is 1. The molecule has 3 rings (SSSR count). The first-order valence-corrected chi connectivity index (χ1v) is 7.30. The summed E-state index contributed by atoms with van der Waals surface area (Å²) in [7, 11) is 0. The molecule has 20 heavy (non-hydrogen) atoms. The molecule has 104 valence electrons. The van der Waals surface area contributed by atoms with Crippen molar-refractivity contribution in [3.8, 4) is 0 Å². The summed E-state index contributed by atoms with van der Waals surface area (Å²) >= 11 is 0. The lowest BCUT2D eigenvalue weighted by atomic mass is 9.62. The minimum Gasteiger partial charge on any atom is -0.452 e. The highest BCUT2D eigenvalue weighted by molar-refractivity contribution is 5.87. The molecule has 1 fully saturated rings. The molecular formula is C18H20O2. The Labute approximate surface area is 119 Å². The van der Waals surface area contributed by atoms with Crippen LogP contribution in [0.15, 0.2) is 42.5 Å². The molecule has 0 bridgehead atoms. The fourth-order valence-corrected chi connectivity index (χ4v) is 3.42. The number of carbonyl (C=O) groups is 1. The molecule has 1 heterocycles. The van der Waals surface area contributed by atoms with E-state index in [0.29, 0.717) is 0 Å². The monoisotopic (exact) mass is 268 g/mol. The van der Waals surface area contributed by atoms with Gasteiger partial charge in [0.05, 0.1) is 0 Å². The van der Waals surface area contributed by atoms with Gasteiger partial charge in [0.2, 0.25) is 0 Å². The number of benzene rings is 2. The second kappa shape index (κ2) is 4.34. The van der Waals surface area contributed by atoms with Gasteiger partial charge in [0.15, 0.2) is 5.60 Å². The van der Waals surface area contributed by atoms with Gasteiger partial charge in [-0.2, -0.15) is 0 Å². The first-order chi connectivity index (χ1) is 9.57. The maximum atomic E-state index is 12.0. The molecule has 0 radical (unpaired) electrons. The zero-order valence-electron chi connectivity index (χ0n) is 12.3. The third kappa shape index (κ3) is 1.48. The van der Waals surface area contributed by atoms with E-state index in [2.05, 4.69) is 44.2 Å². The van der Waals surface area contributed by atoms with Gasteiger partial charge in [-0.25, -0.2) is 0 Å². The van der Waals surface area contributed by atoms with Crippen LogP contribution in [0, 0.1) is 5.41 Å². The normalized spacial score (nSPS) is 29.1. The van der Waals surface area contributed by atoms with E-state index in [9.17, 15) is 4.79 Å². The second-order valence-corrected chi connectivity index (χ2v) is 5.82. The summed E-state index contributed by atoms with van der Waals surface area (Å²) < 4.78 is 5.68. The van der Waals surface area contributed by atoms with Crippen molar-refractivity contribution in [2.75, 3.05) is 0 Å². The van der Waals surface area contributed by atoms with Gasteiger partial charge >= 0.3 is 5.97 Å². The highest BCUT2D eigenvalue weighted by atomic mass is 16.6. The van der Waals surface area contributed by atoms with Crippen LogP contribution >= 0.6 is 0 Å². The van der Waals surface area contributed by atoms with E-state index >= 15 is 0 Å². The lowest BCUT2D eigenvalue weighted by Gasteiger charge is -2.55. The molecule has 2 aromatic rings. The summed E-state index contributed by atoms with van der Waals surface area (Å²) in [5, 5.41) is 2.41. The predicted octanol–water partition coefficient (Wildman–Crippen LogP) is 4.42. The van der Waals surface area contributed by atoms with Gasteiger partial charge in [-0.05, 0) is 42.2 Å². The number of ether oxygens (including phenoxy) is 1. The fourth-order valence-electron chi connectivity index (χ4n) is 3.42. The Kier molecular flexibility index (Phi) is 2.86. The van der Waals surface area contributed by atoms with Gasteiger partial charge in [0, 0.05) is 0 Å². The maximum Gasteiger partial charge on any atom is 0.317 e. The molecule has 1 aliphatic heterocycles. The molecule has 2 aromatic carbocycles. The summed E-state index contributed by atoms with van der Waals surface area (Å²) in [6.07, 6.45) is 1.61. The Morgan fingerprint density at radius 3 is 2.30 bits per heavy atom. The van der Waals surface area contributed by atoms with Gasteiger partial charge in [0.1, 0.15) is 5.41 Å². The zero-order valence-corrected chi connectivity index (χ0v) is 12.3. The van der Waals surface area contributed by atoms with E-state index in [1.807, 2.05) is 19.1 Å². The molecule has 2 heteroatoms. The van der Waals surface area contributed by atoms with Crippen LogP contribution in [-0.2, 0) is 15.1 Å². The fraction of sp³-hybridized carbons (Fsp3) is 0.389. The minimum absolute atomic E-state index is 0.0741. The van der Waals surface area contributed by atoms with Crippen LogP contribution < -0.4 is 0 Å². The van der Waals surface area contributed by atoms with Crippen LogP contribution in [0.4, 0.5) is 0 Å². The van der Waals surface area contributed by atoms with E-state index in [0.717, 1.165) is 18.4 Å². The molecule has 1 aliphatic rings. The van der Waals surface area contributed by atoms with Gasteiger partial charge in [-0.1, -0.05) is 50.2 Å². The Morgan fingerprint density at radius 1 is 1.00 bits per heavy atom. The third-order valence-electron chi connectivity index (χ3n) is 5.03. The average Bonchev–Trinajstić information content (AvgIpc) is 2.50. The van der Waals surface area contributed by atoms with E-state index in [1.54, 1.807) is 0 Å². The SMILES string of the molecule is CCC1(C)C(=O)OC1(CC)c1ccc2ccccc2c1. The Hall–Kier alpha value is -1.83. The average molecular weight is 268 g/mol. The molecule has 2 unspecified atom stereocenters. The van der Waals surface area contributed by atoms with Crippen LogP contribution in [0.25, 0.3) is 10.8 Å². The van der Waals surface area contributed by atoms with Gasteiger partial charge in [-0.15, -0.1) is 0 Å². The van der Waals surface area contributed by atoms with E-state index in [-0.39, 0.29) is 5.97 Å². The Bertz CT molecular complexity index is 676. The summed E-state index contributed by atoms with van der Waals surface area (Å²) in [6.45, 7) is 6.18. The first-order valence-electron chi connectivity index (χ1n) is 7.30. The van der Waals surface area contributed by atoms with Crippen LogP contribution in [-0.4, -0.2) is 5.97 Å². The molecular weight excluding hydrogens is 248 g/mol. The molecule has 0 saturated carbocycles. The van der Waals surface area contributed by atoms with E-state index < -0.39 is 11.0 Å². The maximum absolute atomic E-state index is 12.0. The predicted molar refractivity (Wildman–Crippen MR) is 80.4 cm³/mol. The van der Waals surface area contributed by atoms with E-state index in [1.165, 1.54) is 10.8 Å². The number of hydrogen-bond donors (Lipinski definition) is 0. The molecule has 0 N–H and O–H groups in total. The lowest BCUT2D eigenvalue weighted by Crippen LogP contribution is -2.62. The van der Waals surface area contributed by atoms with Crippen molar-refractivity contribution in [3.05, 3.63) is 48.0 Å². The minimum atomic E-state index is -0.469. The van der Waals surface area contributed by atoms with Crippen molar-refractivity contribution in [2.24, 2.45) is 5.41 Å². The summed E-state index contributed by atoms with van der Waals surface area (Å²) in [4.78, 5) is 12.0. The van der Waals surface area contributed by atoms with Crippen molar-refractivity contribution in [1.29, 1.82) is 0 Å². The van der Waals surface area contributed by atoms with Crippen molar-refractivity contribution < 1.29 is 9.53 Å². The zero-order chi connectivity index (χ0) is 14.4. The van der Waals surface area contributed by atoms with Crippen LogP contribution in [0.3, 0.4) is 0 Å². The van der Waals surface area contributed by atoms with Crippen LogP contribution in [0.2, 0.25) is 0 Å². The first kappa shape index (κ1) is 13.2. The van der Waals surface area contributed by atoms with E-state index in [4.69, 9.17) is 4.74 Å². The second-order valence-electron chi connectivity index (χ2n) is 5.82. The Balaban J connectivity index is 2.15. The number of esters is 1. The highest BCUT2D eigenvalue weighted by Gasteiger charge is 2.64. The molecule has 1 saturated heterocycles. The number of carbonyl (C=O) groups excluding carboxylic acids is 1. The highest BCUT2D eigenvalue weighted by Crippen LogP contribution is 2.57. The van der Waals surface area contributed by atoms with Crippen molar-refractivity contribution in [1.82, 2.24) is 0 Å². The topological polar surface area (TPSA) is 26.3 Å². The molecule has 0 aromatic heterocycles. The van der Waals surface area contributed by atoms with Crippen molar-refractivity contribution in [3.63, 3.8) is 0 Å².